The van der Waals surface area contributed by atoms with Gasteiger partial charge in [0.1, 0.15) is 5.69 Å². The van der Waals surface area contributed by atoms with Crippen molar-refractivity contribution in [2.75, 3.05) is 25.0 Å². The molecule has 2 heterocycles. The number of carbonyl (C=O) groups excluding carboxylic acids is 1. The van der Waals surface area contributed by atoms with Crippen LogP contribution >= 0.6 is 0 Å². The molecule has 5 heteroatoms. The van der Waals surface area contributed by atoms with E-state index in [0.29, 0.717) is 18.3 Å². The van der Waals surface area contributed by atoms with E-state index in [4.69, 9.17) is 4.74 Å². The number of hydrogen-bond acceptors (Lipinski definition) is 4. The van der Waals surface area contributed by atoms with Crippen LogP contribution in [0, 0.1) is 0 Å². The summed E-state index contributed by atoms with van der Waals surface area (Å²) in [6.45, 7) is 4.63. The molecule has 1 aliphatic carbocycles. The minimum Gasteiger partial charge on any atom is -0.461 e. The molecule has 0 spiro atoms. The van der Waals surface area contributed by atoms with Gasteiger partial charge in [-0.15, -0.1) is 0 Å². The van der Waals surface area contributed by atoms with Crippen molar-refractivity contribution < 1.29 is 9.53 Å². The molecule has 0 unspecified atom stereocenters. The minimum atomic E-state index is -0.294. The highest BCUT2D eigenvalue weighted by atomic mass is 16.5. The number of aromatic nitrogens is 1. The number of nitrogens with one attached hydrogen (secondary N) is 2. The van der Waals surface area contributed by atoms with Crippen molar-refractivity contribution in [1.29, 1.82) is 0 Å². The molecule has 140 valence electrons. The Morgan fingerprint density at radius 2 is 1.96 bits per heavy atom. The molecule has 1 aromatic heterocycles. The van der Waals surface area contributed by atoms with Crippen LogP contribution in [0.5, 0.6) is 0 Å². The number of likely N-dealkylation sites (tertiary alicyclic amines) is 1. The van der Waals surface area contributed by atoms with Gasteiger partial charge in [-0.3, -0.25) is 0 Å². The molecule has 0 radical (unpaired) electrons. The van der Waals surface area contributed by atoms with Crippen LogP contribution in [0.25, 0.3) is 10.9 Å². The van der Waals surface area contributed by atoms with Crippen molar-refractivity contribution in [3.8, 4) is 0 Å². The lowest BCUT2D eigenvalue weighted by Crippen LogP contribution is -2.43. The van der Waals surface area contributed by atoms with E-state index in [2.05, 4.69) is 27.3 Å². The first-order valence-electron chi connectivity index (χ1n) is 10.0. The molecule has 2 aliphatic rings. The van der Waals surface area contributed by atoms with Gasteiger partial charge in [-0.1, -0.05) is 12.8 Å². The zero-order chi connectivity index (χ0) is 17.9. The summed E-state index contributed by atoms with van der Waals surface area (Å²) in [7, 11) is 0. The average molecular weight is 355 g/mol. The summed E-state index contributed by atoms with van der Waals surface area (Å²) >= 11 is 0. The van der Waals surface area contributed by atoms with Crippen LogP contribution in [0.2, 0.25) is 0 Å². The van der Waals surface area contributed by atoms with E-state index < -0.39 is 0 Å². The summed E-state index contributed by atoms with van der Waals surface area (Å²) in [5, 5.41) is 4.73. The Morgan fingerprint density at radius 3 is 2.69 bits per heavy atom. The molecule has 0 atom stereocenters. The molecule has 1 saturated carbocycles. The van der Waals surface area contributed by atoms with E-state index >= 15 is 0 Å². The molecule has 2 fully saturated rings. The number of H-pyrrole nitrogens is 1. The zero-order valence-corrected chi connectivity index (χ0v) is 15.6. The lowest BCUT2D eigenvalue weighted by atomic mass is 10.0. The third kappa shape index (κ3) is 3.73. The van der Waals surface area contributed by atoms with Gasteiger partial charge in [0, 0.05) is 41.8 Å². The molecule has 2 N–H and O–H groups in total. The smallest absolute Gasteiger partial charge is 0.354 e. The number of anilines is 1. The molecule has 1 aromatic carbocycles. The number of hydrogen-bond donors (Lipinski definition) is 2. The fraction of sp³-hybridized carbons (Fsp3) is 0.571. The Hall–Kier alpha value is -2.01. The highest BCUT2D eigenvalue weighted by Gasteiger charge is 2.27. The number of ether oxygens (including phenoxy) is 1. The van der Waals surface area contributed by atoms with Crippen LogP contribution in [-0.4, -0.2) is 47.6 Å². The number of rotatable bonds is 5. The van der Waals surface area contributed by atoms with Crippen LogP contribution < -0.4 is 5.32 Å². The molecule has 2 aromatic rings. The number of piperidine rings is 1. The van der Waals surface area contributed by atoms with E-state index in [1.165, 1.54) is 51.6 Å². The first-order valence-corrected chi connectivity index (χ1v) is 10.0. The summed E-state index contributed by atoms with van der Waals surface area (Å²) in [6.07, 6.45) is 8.02. The number of nitrogens with zero attached hydrogens (tertiary/aromatic N) is 1. The number of esters is 1. The summed E-state index contributed by atoms with van der Waals surface area (Å²) in [5.74, 6) is -0.294. The Balaban J connectivity index is 1.37. The summed E-state index contributed by atoms with van der Waals surface area (Å²) in [6, 6.07) is 9.51. The fourth-order valence-corrected chi connectivity index (χ4v) is 4.46. The second-order valence-electron chi connectivity index (χ2n) is 7.60. The van der Waals surface area contributed by atoms with E-state index in [0.717, 1.165) is 22.6 Å². The van der Waals surface area contributed by atoms with Crippen molar-refractivity contribution in [2.45, 2.75) is 57.5 Å². The average Bonchev–Trinajstić information content (AvgIpc) is 3.32. The van der Waals surface area contributed by atoms with Crippen LogP contribution in [0.15, 0.2) is 24.3 Å². The molecule has 0 bridgehead atoms. The maximum Gasteiger partial charge on any atom is 0.354 e. The Bertz CT molecular complexity index is 756. The largest absolute Gasteiger partial charge is 0.461 e. The molecule has 26 heavy (non-hydrogen) atoms. The van der Waals surface area contributed by atoms with Crippen molar-refractivity contribution in [2.24, 2.45) is 0 Å². The predicted octanol–water partition coefficient (Wildman–Crippen LogP) is 4.16. The molecular weight excluding hydrogens is 326 g/mol. The van der Waals surface area contributed by atoms with Gasteiger partial charge in [0.2, 0.25) is 0 Å². The number of aromatic amines is 1. The van der Waals surface area contributed by atoms with Crippen molar-refractivity contribution in [3.63, 3.8) is 0 Å². The van der Waals surface area contributed by atoms with Gasteiger partial charge in [0.15, 0.2) is 0 Å². The molecular formula is C21H29N3O2. The Labute approximate surface area is 155 Å². The summed E-state index contributed by atoms with van der Waals surface area (Å²) < 4.78 is 5.07. The lowest BCUT2D eigenvalue weighted by molar-refractivity contribution is 0.0520. The van der Waals surface area contributed by atoms with E-state index in [-0.39, 0.29) is 5.97 Å². The number of benzene rings is 1. The third-order valence-corrected chi connectivity index (χ3v) is 5.86. The van der Waals surface area contributed by atoms with Crippen LogP contribution in [0.4, 0.5) is 5.69 Å². The monoisotopic (exact) mass is 355 g/mol. The number of fused-ring (bicyclic) bond motifs is 1. The molecule has 4 rings (SSSR count). The third-order valence-electron chi connectivity index (χ3n) is 5.86. The van der Waals surface area contributed by atoms with Gasteiger partial charge in [-0.05, 0) is 56.9 Å². The normalized spacial score (nSPS) is 19.9. The lowest BCUT2D eigenvalue weighted by Gasteiger charge is -2.36. The first kappa shape index (κ1) is 17.4. The molecule has 0 amide bonds. The molecule has 1 aliphatic heterocycles. The van der Waals surface area contributed by atoms with Gasteiger partial charge in [-0.2, -0.15) is 0 Å². The van der Waals surface area contributed by atoms with Gasteiger partial charge in [-0.25, -0.2) is 4.79 Å². The van der Waals surface area contributed by atoms with Crippen LogP contribution in [0.1, 0.15) is 55.9 Å². The van der Waals surface area contributed by atoms with Gasteiger partial charge >= 0.3 is 5.97 Å². The Morgan fingerprint density at radius 1 is 1.19 bits per heavy atom. The van der Waals surface area contributed by atoms with E-state index in [1.54, 1.807) is 0 Å². The highest BCUT2D eigenvalue weighted by molar-refractivity contribution is 5.95. The van der Waals surface area contributed by atoms with E-state index in [9.17, 15) is 4.79 Å². The van der Waals surface area contributed by atoms with Gasteiger partial charge < -0.3 is 19.9 Å². The van der Waals surface area contributed by atoms with E-state index in [1.807, 2.05) is 19.1 Å². The van der Waals surface area contributed by atoms with Crippen molar-refractivity contribution >= 4 is 22.6 Å². The fourth-order valence-electron chi connectivity index (χ4n) is 4.46. The second kappa shape index (κ2) is 7.70. The Kier molecular flexibility index (Phi) is 5.16. The quantitative estimate of drug-likeness (QED) is 0.791. The minimum absolute atomic E-state index is 0.294. The predicted molar refractivity (Wildman–Crippen MR) is 105 cm³/mol. The van der Waals surface area contributed by atoms with Crippen molar-refractivity contribution in [1.82, 2.24) is 9.88 Å². The van der Waals surface area contributed by atoms with Crippen molar-refractivity contribution in [3.05, 3.63) is 30.0 Å². The number of carbonyl (C=O) groups is 1. The second-order valence-corrected chi connectivity index (χ2v) is 7.60. The zero-order valence-electron chi connectivity index (χ0n) is 15.6. The maximum absolute atomic E-state index is 11.9. The topological polar surface area (TPSA) is 57.4 Å². The standard InChI is InChI=1S/C21H29N3O2/c1-2-26-21(25)20-14-15-13-17(7-8-19(15)23-20)22-16-9-11-24(12-10-16)18-5-3-4-6-18/h7-8,13-14,16,18,22-23H,2-6,9-12H2,1H3. The first-order chi connectivity index (χ1) is 12.7. The van der Waals surface area contributed by atoms with Gasteiger partial charge in [0.25, 0.3) is 0 Å². The molecule has 5 nitrogen and oxygen atoms in total. The molecule has 1 saturated heterocycles. The summed E-state index contributed by atoms with van der Waals surface area (Å²) in [5.41, 5.74) is 2.62. The highest BCUT2D eigenvalue weighted by Crippen LogP contribution is 2.28. The summed E-state index contributed by atoms with van der Waals surface area (Å²) in [4.78, 5) is 17.7. The van der Waals surface area contributed by atoms with Gasteiger partial charge in [0.05, 0.1) is 6.61 Å². The SMILES string of the molecule is CCOC(=O)c1cc2cc(NC3CCN(C4CCCC4)CC3)ccc2[nH]1. The van der Waals surface area contributed by atoms with Crippen LogP contribution in [0.3, 0.4) is 0 Å². The van der Waals surface area contributed by atoms with Crippen LogP contribution in [-0.2, 0) is 4.74 Å². The maximum atomic E-state index is 11.9.